The summed E-state index contributed by atoms with van der Waals surface area (Å²) in [7, 11) is 1.40. The van der Waals surface area contributed by atoms with Crippen LogP contribution in [0.3, 0.4) is 0 Å². The molecule has 0 bridgehead atoms. The van der Waals surface area contributed by atoms with Gasteiger partial charge in [0.15, 0.2) is 0 Å². The molecule has 1 aliphatic rings. The third-order valence-corrected chi connectivity index (χ3v) is 3.70. The van der Waals surface area contributed by atoms with Crippen LogP contribution in [-0.4, -0.2) is 35.3 Å². The number of ether oxygens (including phenoxy) is 1. The Kier molecular flexibility index (Phi) is 4.59. The summed E-state index contributed by atoms with van der Waals surface area (Å²) in [5, 5.41) is 9.81. The summed E-state index contributed by atoms with van der Waals surface area (Å²) in [6.45, 7) is 0. The number of carbonyl (C=O) groups excluding carboxylic acids is 1. The maximum absolute atomic E-state index is 10.8. The van der Waals surface area contributed by atoms with Crippen molar-refractivity contribution < 1.29 is 14.6 Å². The first-order valence-electron chi connectivity index (χ1n) is 4.60. The Morgan fingerprint density at radius 2 is 2.38 bits per heavy atom. The van der Waals surface area contributed by atoms with E-state index in [1.54, 1.807) is 11.8 Å². The van der Waals surface area contributed by atoms with Gasteiger partial charge in [0.2, 0.25) is 0 Å². The van der Waals surface area contributed by atoms with E-state index in [1.807, 2.05) is 0 Å². The van der Waals surface area contributed by atoms with E-state index in [0.29, 0.717) is 11.7 Å². The lowest BCUT2D eigenvalue weighted by molar-refractivity contribution is -0.140. The van der Waals surface area contributed by atoms with Crippen LogP contribution in [0.25, 0.3) is 0 Å². The number of rotatable bonds is 4. The molecule has 1 aliphatic carbocycles. The molecule has 2 atom stereocenters. The van der Waals surface area contributed by atoms with Gasteiger partial charge in [-0.3, -0.25) is 4.79 Å². The van der Waals surface area contributed by atoms with Gasteiger partial charge in [-0.15, -0.1) is 0 Å². The molecule has 1 saturated carbocycles. The highest BCUT2D eigenvalue weighted by atomic mass is 32.2. The highest BCUT2D eigenvalue weighted by Gasteiger charge is 2.25. The molecule has 0 saturated heterocycles. The molecule has 13 heavy (non-hydrogen) atoms. The summed E-state index contributed by atoms with van der Waals surface area (Å²) in [6.07, 6.45) is 3.38. The van der Waals surface area contributed by atoms with Gasteiger partial charge in [-0.05, 0) is 19.3 Å². The van der Waals surface area contributed by atoms with Crippen LogP contribution in [0.1, 0.15) is 25.7 Å². The Labute approximate surface area is 82.8 Å². The van der Waals surface area contributed by atoms with Crippen LogP contribution in [-0.2, 0) is 9.53 Å². The predicted molar refractivity (Wildman–Crippen MR) is 52.7 cm³/mol. The molecule has 0 amide bonds. The Balaban J connectivity index is 2.08. The second-order valence-corrected chi connectivity index (χ2v) is 4.58. The van der Waals surface area contributed by atoms with Crippen molar-refractivity contribution in [2.24, 2.45) is 0 Å². The summed E-state index contributed by atoms with van der Waals surface area (Å²) in [6, 6.07) is 0. The summed E-state index contributed by atoms with van der Waals surface area (Å²) in [5.41, 5.74) is 0. The van der Waals surface area contributed by atoms with E-state index < -0.39 is 0 Å². The molecular formula is C9H16O3S. The van der Waals surface area contributed by atoms with Crippen LogP contribution >= 0.6 is 11.8 Å². The zero-order valence-electron chi connectivity index (χ0n) is 7.86. The fourth-order valence-electron chi connectivity index (χ4n) is 1.50. The molecule has 76 valence electrons. The second-order valence-electron chi connectivity index (χ2n) is 3.23. The van der Waals surface area contributed by atoms with Crippen molar-refractivity contribution in [2.75, 3.05) is 12.9 Å². The summed E-state index contributed by atoms with van der Waals surface area (Å²) < 4.78 is 4.53. The topological polar surface area (TPSA) is 46.5 Å². The van der Waals surface area contributed by atoms with E-state index in [0.717, 1.165) is 25.0 Å². The van der Waals surface area contributed by atoms with Crippen molar-refractivity contribution in [1.82, 2.24) is 0 Å². The van der Waals surface area contributed by atoms with Crippen molar-refractivity contribution >= 4 is 17.7 Å². The number of aliphatic hydroxyl groups is 1. The second kappa shape index (κ2) is 5.50. The van der Waals surface area contributed by atoms with E-state index in [9.17, 15) is 9.90 Å². The largest absolute Gasteiger partial charge is 0.469 e. The van der Waals surface area contributed by atoms with Gasteiger partial charge in [-0.1, -0.05) is 0 Å². The molecule has 0 aromatic heterocycles. The first-order valence-corrected chi connectivity index (χ1v) is 5.65. The van der Waals surface area contributed by atoms with E-state index in [4.69, 9.17) is 0 Å². The van der Waals surface area contributed by atoms with Gasteiger partial charge in [0.05, 0.1) is 19.6 Å². The number of methoxy groups -OCH3 is 1. The van der Waals surface area contributed by atoms with Crippen LogP contribution in [0.5, 0.6) is 0 Å². The number of hydrogen-bond acceptors (Lipinski definition) is 4. The molecule has 1 fully saturated rings. The fraction of sp³-hybridized carbons (Fsp3) is 0.889. The zero-order chi connectivity index (χ0) is 9.68. The molecule has 1 rings (SSSR count). The van der Waals surface area contributed by atoms with Gasteiger partial charge in [0.1, 0.15) is 0 Å². The minimum Gasteiger partial charge on any atom is -0.469 e. The Morgan fingerprint density at radius 1 is 1.62 bits per heavy atom. The number of carbonyl (C=O) groups is 1. The highest BCUT2D eigenvalue weighted by Crippen LogP contribution is 2.30. The number of aliphatic hydroxyl groups excluding tert-OH is 1. The lowest BCUT2D eigenvalue weighted by Gasteiger charge is -2.12. The molecule has 0 unspecified atom stereocenters. The average Bonchev–Trinajstić information content (AvgIpc) is 2.52. The lowest BCUT2D eigenvalue weighted by atomic mass is 10.3. The quantitative estimate of drug-likeness (QED) is 0.699. The molecule has 3 nitrogen and oxygen atoms in total. The van der Waals surface area contributed by atoms with Gasteiger partial charge >= 0.3 is 5.97 Å². The minimum absolute atomic E-state index is 0.164. The van der Waals surface area contributed by atoms with Crippen molar-refractivity contribution in [1.29, 1.82) is 0 Å². The van der Waals surface area contributed by atoms with Gasteiger partial charge in [0, 0.05) is 11.0 Å². The molecule has 0 radical (unpaired) electrons. The third-order valence-electron chi connectivity index (χ3n) is 2.28. The Hall–Kier alpha value is -0.220. The first kappa shape index (κ1) is 10.9. The molecule has 0 aliphatic heterocycles. The first-order chi connectivity index (χ1) is 6.24. The Bertz CT molecular complexity index is 172. The van der Waals surface area contributed by atoms with E-state index >= 15 is 0 Å². The number of hydrogen-bond donors (Lipinski definition) is 1. The minimum atomic E-state index is -0.167. The van der Waals surface area contributed by atoms with Gasteiger partial charge in [0.25, 0.3) is 0 Å². The maximum atomic E-state index is 10.8. The predicted octanol–water partition coefficient (Wildman–Crippen LogP) is 1.20. The lowest BCUT2D eigenvalue weighted by Crippen LogP contribution is -2.16. The van der Waals surface area contributed by atoms with Crippen LogP contribution < -0.4 is 0 Å². The molecular weight excluding hydrogens is 188 g/mol. The van der Waals surface area contributed by atoms with Gasteiger partial charge in [-0.2, -0.15) is 11.8 Å². The van der Waals surface area contributed by atoms with Crippen LogP contribution in [0.15, 0.2) is 0 Å². The summed E-state index contributed by atoms with van der Waals surface area (Å²) >= 11 is 1.68. The standard InChI is InChI=1S/C9H16O3S/c1-12-9(11)5-6-13-8-4-2-3-7(8)10/h7-8,10H,2-6H2,1H3/t7-,8-/m1/s1. The molecule has 0 aromatic carbocycles. The molecule has 0 heterocycles. The molecule has 1 N–H and O–H groups in total. The van der Waals surface area contributed by atoms with Crippen LogP contribution in [0.2, 0.25) is 0 Å². The third kappa shape index (κ3) is 3.56. The van der Waals surface area contributed by atoms with Crippen LogP contribution in [0, 0.1) is 0 Å². The van der Waals surface area contributed by atoms with E-state index in [2.05, 4.69) is 4.74 Å². The molecule has 0 aromatic rings. The summed E-state index contributed by atoms with van der Waals surface area (Å²) in [4.78, 5) is 10.8. The Morgan fingerprint density at radius 3 is 2.92 bits per heavy atom. The average molecular weight is 204 g/mol. The van der Waals surface area contributed by atoms with Crippen molar-refractivity contribution in [3.8, 4) is 0 Å². The monoisotopic (exact) mass is 204 g/mol. The van der Waals surface area contributed by atoms with Gasteiger partial charge in [-0.25, -0.2) is 0 Å². The molecule has 4 heteroatoms. The van der Waals surface area contributed by atoms with E-state index in [-0.39, 0.29) is 12.1 Å². The summed E-state index contributed by atoms with van der Waals surface area (Å²) in [5.74, 6) is 0.592. The normalized spacial score (nSPS) is 27.5. The number of esters is 1. The van der Waals surface area contributed by atoms with Crippen LogP contribution in [0.4, 0.5) is 0 Å². The van der Waals surface area contributed by atoms with Crippen molar-refractivity contribution in [3.05, 3.63) is 0 Å². The fourth-order valence-corrected chi connectivity index (χ4v) is 2.78. The van der Waals surface area contributed by atoms with Gasteiger partial charge < -0.3 is 9.84 Å². The molecule has 0 spiro atoms. The van der Waals surface area contributed by atoms with Crippen molar-refractivity contribution in [2.45, 2.75) is 37.0 Å². The van der Waals surface area contributed by atoms with Crippen molar-refractivity contribution in [3.63, 3.8) is 0 Å². The zero-order valence-corrected chi connectivity index (χ0v) is 8.68. The SMILES string of the molecule is COC(=O)CCS[C@@H]1CCC[C@H]1O. The highest BCUT2D eigenvalue weighted by molar-refractivity contribution is 7.99. The number of thioether (sulfide) groups is 1. The smallest absolute Gasteiger partial charge is 0.306 e. The maximum Gasteiger partial charge on any atom is 0.306 e. The van der Waals surface area contributed by atoms with E-state index in [1.165, 1.54) is 7.11 Å².